The summed E-state index contributed by atoms with van der Waals surface area (Å²) in [4.78, 5) is 15.4. The molecule has 5 rings (SSSR count). The van der Waals surface area contributed by atoms with E-state index in [-0.39, 0.29) is 17.7 Å². The average Bonchev–Trinajstić information content (AvgIpc) is 3.58. The molecule has 7 nitrogen and oxygen atoms in total. The zero-order valence-electron chi connectivity index (χ0n) is 16.6. The van der Waals surface area contributed by atoms with Crippen molar-refractivity contribution in [2.24, 2.45) is 5.10 Å². The molecule has 10 heteroatoms. The van der Waals surface area contributed by atoms with Gasteiger partial charge in [-0.05, 0) is 51.9 Å². The molecule has 4 aromatic rings. The maximum atomic E-state index is 13.2. The number of tetrazole rings is 1. The van der Waals surface area contributed by atoms with Gasteiger partial charge in [0.25, 0.3) is 5.91 Å². The maximum absolute atomic E-state index is 13.2. The average molecular weight is 467 g/mol. The monoisotopic (exact) mass is 466 g/mol. The third-order valence-corrected chi connectivity index (χ3v) is 7.75. The second-order valence-electron chi connectivity index (χ2n) is 6.95. The smallest absolute Gasteiger partial charge is 0.253 e. The summed E-state index contributed by atoms with van der Waals surface area (Å²) in [7, 11) is 0. The Bertz CT molecular complexity index is 1220. The van der Waals surface area contributed by atoms with E-state index >= 15 is 0 Å². The molecule has 0 unspecified atom stereocenters. The van der Waals surface area contributed by atoms with E-state index in [0.717, 1.165) is 33.1 Å². The fraction of sp³-hybridized carbons (Fsp3) is 0.190. The highest BCUT2D eigenvalue weighted by Gasteiger charge is 2.34. The molecule has 0 bridgehead atoms. The standard InChI is InChI=1S/C21H18N6OS3/c1-14-6-2-3-7-16(14)27-21(22-24-25-27)31-13-20(28)26-17(19-9-5-11-30-19)12-15(23-26)18-8-4-10-29-18/h2-11,17H,12-13H2,1H3/t17-/m1/s1. The summed E-state index contributed by atoms with van der Waals surface area (Å²) in [5.41, 5.74) is 2.92. The van der Waals surface area contributed by atoms with Crippen LogP contribution in [0.15, 0.2) is 69.5 Å². The molecule has 0 saturated heterocycles. The van der Waals surface area contributed by atoms with Crippen molar-refractivity contribution >= 4 is 46.1 Å². The van der Waals surface area contributed by atoms with Gasteiger partial charge in [0.05, 0.1) is 28.1 Å². The van der Waals surface area contributed by atoms with Crippen LogP contribution in [-0.4, -0.2) is 42.6 Å². The van der Waals surface area contributed by atoms with Crippen LogP contribution in [0.5, 0.6) is 0 Å². The highest BCUT2D eigenvalue weighted by Crippen LogP contribution is 2.36. The van der Waals surface area contributed by atoms with Crippen molar-refractivity contribution in [2.75, 3.05) is 5.75 Å². The number of nitrogens with zero attached hydrogens (tertiary/aromatic N) is 6. The number of aryl methyl sites for hydroxylation is 1. The van der Waals surface area contributed by atoms with Crippen LogP contribution in [0.1, 0.15) is 27.8 Å². The first-order valence-corrected chi connectivity index (χ1v) is 12.4. The predicted molar refractivity (Wildman–Crippen MR) is 124 cm³/mol. The Kier molecular flexibility index (Phi) is 5.66. The first-order chi connectivity index (χ1) is 15.2. The van der Waals surface area contributed by atoms with Gasteiger partial charge in [-0.3, -0.25) is 4.79 Å². The van der Waals surface area contributed by atoms with Crippen LogP contribution in [0, 0.1) is 6.92 Å². The summed E-state index contributed by atoms with van der Waals surface area (Å²) >= 11 is 4.62. The topological polar surface area (TPSA) is 76.3 Å². The second-order valence-corrected chi connectivity index (χ2v) is 9.82. The van der Waals surface area contributed by atoms with Gasteiger partial charge in [-0.2, -0.15) is 9.78 Å². The molecule has 31 heavy (non-hydrogen) atoms. The van der Waals surface area contributed by atoms with Gasteiger partial charge >= 0.3 is 0 Å². The van der Waals surface area contributed by atoms with Crippen LogP contribution in [0.3, 0.4) is 0 Å². The lowest BCUT2D eigenvalue weighted by molar-refractivity contribution is -0.130. The van der Waals surface area contributed by atoms with Crippen molar-refractivity contribution < 1.29 is 4.79 Å². The summed E-state index contributed by atoms with van der Waals surface area (Å²) in [5.74, 6) is 0.143. The minimum absolute atomic E-state index is 0.0608. The molecule has 1 aliphatic rings. The molecule has 3 aromatic heterocycles. The van der Waals surface area contributed by atoms with Gasteiger partial charge in [-0.25, -0.2) is 5.01 Å². The van der Waals surface area contributed by atoms with Crippen LogP contribution in [0.4, 0.5) is 0 Å². The number of hydrogen-bond donors (Lipinski definition) is 0. The Labute approximate surface area is 191 Å². The van der Waals surface area contributed by atoms with E-state index in [1.807, 2.05) is 60.1 Å². The number of hydrogen-bond acceptors (Lipinski definition) is 8. The Morgan fingerprint density at radius 1 is 1.13 bits per heavy atom. The number of amides is 1. The summed E-state index contributed by atoms with van der Waals surface area (Å²) in [6, 6.07) is 15.9. The molecular formula is C21H18N6OS3. The van der Waals surface area contributed by atoms with E-state index in [4.69, 9.17) is 5.10 Å². The fourth-order valence-corrected chi connectivity index (χ4v) is 5.72. The molecule has 1 amide bonds. The predicted octanol–water partition coefficient (Wildman–Crippen LogP) is 4.56. The molecule has 0 spiro atoms. The molecule has 1 atom stereocenters. The zero-order valence-corrected chi connectivity index (χ0v) is 19.0. The van der Waals surface area contributed by atoms with Gasteiger partial charge in [-0.1, -0.05) is 42.1 Å². The summed E-state index contributed by atoms with van der Waals surface area (Å²) in [6.45, 7) is 2.01. The van der Waals surface area contributed by atoms with Crippen molar-refractivity contribution in [3.63, 3.8) is 0 Å². The molecule has 156 valence electrons. The first kappa shape index (κ1) is 20.1. The van der Waals surface area contributed by atoms with Gasteiger partial charge in [-0.15, -0.1) is 27.8 Å². The van der Waals surface area contributed by atoms with E-state index in [1.54, 1.807) is 32.4 Å². The Balaban J connectivity index is 1.36. The van der Waals surface area contributed by atoms with Crippen molar-refractivity contribution in [1.29, 1.82) is 0 Å². The minimum atomic E-state index is -0.0717. The largest absolute Gasteiger partial charge is 0.272 e. The quantitative estimate of drug-likeness (QED) is 0.389. The lowest BCUT2D eigenvalue weighted by Crippen LogP contribution is -2.28. The number of rotatable bonds is 6. The Morgan fingerprint density at radius 3 is 2.74 bits per heavy atom. The van der Waals surface area contributed by atoms with E-state index in [1.165, 1.54) is 11.8 Å². The zero-order chi connectivity index (χ0) is 21.2. The third kappa shape index (κ3) is 4.06. The number of aromatic nitrogens is 4. The van der Waals surface area contributed by atoms with Gasteiger partial charge in [0.2, 0.25) is 5.16 Å². The fourth-order valence-electron chi connectivity index (χ4n) is 3.45. The van der Waals surface area contributed by atoms with Gasteiger partial charge in [0, 0.05) is 11.3 Å². The van der Waals surface area contributed by atoms with Crippen LogP contribution in [0.25, 0.3) is 5.69 Å². The molecule has 0 radical (unpaired) electrons. The van der Waals surface area contributed by atoms with E-state index in [2.05, 4.69) is 21.6 Å². The number of carbonyl (C=O) groups is 1. The summed E-state index contributed by atoms with van der Waals surface area (Å²) < 4.78 is 1.67. The lowest BCUT2D eigenvalue weighted by Gasteiger charge is -2.20. The molecular weight excluding hydrogens is 448 g/mol. The van der Waals surface area contributed by atoms with Crippen LogP contribution >= 0.6 is 34.4 Å². The number of para-hydroxylation sites is 1. The molecule has 0 aliphatic carbocycles. The summed E-state index contributed by atoms with van der Waals surface area (Å²) in [6.07, 6.45) is 0.721. The Morgan fingerprint density at radius 2 is 1.97 bits per heavy atom. The third-order valence-electron chi connectivity index (χ3n) is 4.95. The maximum Gasteiger partial charge on any atom is 0.253 e. The van der Waals surface area contributed by atoms with Crippen LogP contribution < -0.4 is 0 Å². The van der Waals surface area contributed by atoms with E-state index in [0.29, 0.717) is 5.16 Å². The van der Waals surface area contributed by atoms with Gasteiger partial charge in [0.15, 0.2) is 0 Å². The summed E-state index contributed by atoms with van der Waals surface area (Å²) in [5, 5.41) is 23.0. The minimum Gasteiger partial charge on any atom is -0.272 e. The SMILES string of the molecule is Cc1ccccc1-n1nnnc1SCC(=O)N1N=C(c2cccs2)C[C@@H]1c1cccs1. The second kappa shape index (κ2) is 8.74. The van der Waals surface area contributed by atoms with Crippen molar-refractivity contribution in [3.05, 3.63) is 74.6 Å². The Hall–Kier alpha value is -2.82. The number of thiophene rings is 2. The van der Waals surface area contributed by atoms with Crippen molar-refractivity contribution in [1.82, 2.24) is 25.2 Å². The first-order valence-electron chi connectivity index (χ1n) is 9.64. The van der Waals surface area contributed by atoms with Crippen molar-refractivity contribution in [2.45, 2.75) is 24.5 Å². The number of benzene rings is 1. The van der Waals surface area contributed by atoms with Crippen molar-refractivity contribution in [3.8, 4) is 5.69 Å². The van der Waals surface area contributed by atoms with Crippen LogP contribution in [-0.2, 0) is 4.79 Å². The lowest BCUT2D eigenvalue weighted by atomic mass is 10.1. The normalized spacial score (nSPS) is 16.0. The molecule has 1 aromatic carbocycles. The highest BCUT2D eigenvalue weighted by molar-refractivity contribution is 7.99. The van der Waals surface area contributed by atoms with E-state index in [9.17, 15) is 4.79 Å². The molecule has 1 aliphatic heterocycles. The van der Waals surface area contributed by atoms with Gasteiger partial charge in [0.1, 0.15) is 0 Å². The number of carbonyl (C=O) groups excluding carboxylic acids is 1. The molecule has 0 N–H and O–H groups in total. The molecule has 0 fully saturated rings. The number of hydrazone groups is 1. The molecule has 4 heterocycles. The van der Waals surface area contributed by atoms with Crippen LogP contribution in [0.2, 0.25) is 0 Å². The number of thioether (sulfide) groups is 1. The molecule has 0 saturated carbocycles. The van der Waals surface area contributed by atoms with Gasteiger partial charge < -0.3 is 0 Å². The highest BCUT2D eigenvalue weighted by atomic mass is 32.2. The van der Waals surface area contributed by atoms with E-state index < -0.39 is 0 Å².